The number of benzene rings is 1. The van der Waals surface area contributed by atoms with Crippen LogP contribution >= 0.6 is 0 Å². The second kappa shape index (κ2) is 10.6. The Hall–Kier alpha value is -2.37. The Morgan fingerprint density at radius 1 is 1.23 bits per heavy atom. The van der Waals surface area contributed by atoms with Gasteiger partial charge in [-0.25, -0.2) is 9.98 Å². The first-order valence-electron chi connectivity index (χ1n) is 9.58. The maximum Gasteiger partial charge on any atom is 0.191 e. The van der Waals surface area contributed by atoms with Gasteiger partial charge >= 0.3 is 0 Å². The average molecular weight is 357 g/mol. The minimum atomic E-state index is 0.409. The fraction of sp³-hybridized carbons (Fsp3) is 0.550. The Kier molecular flexibility index (Phi) is 8.12. The molecule has 0 saturated carbocycles. The zero-order chi connectivity index (χ0) is 18.8. The molecule has 1 unspecified atom stereocenters. The topological polar surface area (TPSA) is 78.0 Å². The summed E-state index contributed by atoms with van der Waals surface area (Å²) >= 11 is 0. The fourth-order valence-corrected chi connectivity index (χ4v) is 2.79. The molecule has 2 rings (SSSR count). The van der Waals surface area contributed by atoms with E-state index in [0.717, 1.165) is 41.8 Å². The van der Waals surface area contributed by atoms with E-state index in [9.17, 15) is 0 Å². The lowest BCUT2D eigenvalue weighted by Crippen LogP contribution is -2.42. The Morgan fingerprint density at radius 3 is 2.77 bits per heavy atom. The lowest BCUT2D eigenvalue weighted by Gasteiger charge is -2.18. The van der Waals surface area contributed by atoms with Crippen molar-refractivity contribution in [3.63, 3.8) is 0 Å². The molecule has 3 N–H and O–H groups in total. The second-order valence-electron chi connectivity index (χ2n) is 7.10. The maximum absolute atomic E-state index is 4.74. The molecule has 26 heavy (non-hydrogen) atoms. The molecule has 0 aliphatic carbocycles. The van der Waals surface area contributed by atoms with Crippen molar-refractivity contribution < 1.29 is 0 Å². The van der Waals surface area contributed by atoms with Gasteiger partial charge in [-0.3, -0.25) is 5.10 Å². The highest BCUT2D eigenvalue weighted by Gasteiger charge is 2.06. The number of hydrogen-bond acceptors (Lipinski definition) is 3. The van der Waals surface area contributed by atoms with Crippen LogP contribution in [0.5, 0.6) is 0 Å². The highest BCUT2D eigenvalue weighted by Crippen LogP contribution is 2.16. The van der Waals surface area contributed by atoms with Crippen molar-refractivity contribution in [1.82, 2.24) is 25.8 Å². The number of rotatable bonds is 9. The summed E-state index contributed by atoms with van der Waals surface area (Å²) in [6.45, 7) is 10.3. The van der Waals surface area contributed by atoms with Gasteiger partial charge < -0.3 is 10.6 Å². The van der Waals surface area contributed by atoms with Gasteiger partial charge in [0.05, 0.1) is 6.54 Å². The summed E-state index contributed by atoms with van der Waals surface area (Å²) in [7, 11) is 0. The van der Waals surface area contributed by atoms with E-state index in [1.165, 1.54) is 19.2 Å². The van der Waals surface area contributed by atoms with E-state index in [0.29, 0.717) is 12.6 Å². The normalized spacial score (nSPS) is 13.0. The molecular weight excluding hydrogens is 324 g/mol. The van der Waals surface area contributed by atoms with E-state index in [4.69, 9.17) is 4.99 Å². The number of H-pyrrole nitrogens is 1. The van der Waals surface area contributed by atoms with Crippen molar-refractivity contribution in [2.75, 3.05) is 6.54 Å². The number of aliphatic imine (C=N–C) groups is 1. The van der Waals surface area contributed by atoms with Gasteiger partial charge in [0.2, 0.25) is 0 Å². The second-order valence-corrected chi connectivity index (χ2v) is 7.10. The van der Waals surface area contributed by atoms with Gasteiger partial charge in [-0.15, -0.1) is 0 Å². The minimum Gasteiger partial charge on any atom is -0.357 e. The Morgan fingerprint density at radius 2 is 2.08 bits per heavy atom. The van der Waals surface area contributed by atoms with Crippen molar-refractivity contribution in [2.45, 2.75) is 59.5 Å². The lowest BCUT2D eigenvalue weighted by atomic mass is 10.0. The van der Waals surface area contributed by atoms with Crippen LogP contribution in [-0.2, 0) is 6.54 Å². The quantitative estimate of drug-likeness (QED) is 0.472. The van der Waals surface area contributed by atoms with Crippen LogP contribution in [0.4, 0.5) is 0 Å². The van der Waals surface area contributed by atoms with Crippen LogP contribution in [0, 0.1) is 5.92 Å². The van der Waals surface area contributed by atoms with E-state index >= 15 is 0 Å². The van der Waals surface area contributed by atoms with E-state index in [1.807, 2.05) is 12.1 Å². The molecule has 6 nitrogen and oxygen atoms in total. The molecule has 2 aromatic rings. The van der Waals surface area contributed by atoms with E-state index in [-0.39, 0.29) is 0 Å². The summed E-state index contributed by atoms with van der Waals surface area (Å²) < 4.78 is 0. The first-order valence-corrected chi connectivity index (χ1v) is 9.58. The summed E-state index contributed by atoms with van der Waals surface area (Å²) in [5.41, 5.74) is 2.17. The molecule has 142 valence electrons. The van der Waals surface area contributed by atoms with Crippen molar-refractivity contribution in [3.05, 3.63) is 36.2 Å². The van der Waals surface area contributed by atoms with Crippen molar-refractivity contribution in [1.29, 1.82) is 0 Å². The summed E-state index contributed by atoms with van der Waals surface area (Å²) in [6.07, 6.45) is 5.19. The lowest BCUT2D eigenvalue weighted by molar-refractivity contribution is 0.491. The van der Waals surface area contributed by atoms with Crippen LogP contribution in [0.1, 0.15) is 52.5 Å². The van der Waals surface area contributed by atoms with Crippen LogP contribution in [0.25, 0.3) is 11.4 Å². The zero-order valence-electron chi connectivity index (χ0n) is 16.4. The van der Waals surface area contributed by atoms with Crippen LogP contribution < -0.4 is 10.6 Å². The van der Waals surface area contributed by atoms with Gasteiger partial charge in [-0.1, -0.05) is 44.9 Å². The Bertz CT molecular complexity index is 663. The molecule has 0 bridgehead atoms. The van der Waals surface area contributed by atoms with Crippen LogP contribution in [0.2, 0.25) is 0 Å². The molecule has 0 radical (unpaired) electrons. The summed E-state index contributed by atoms with van der Waals surface area (Å²) in [5, 5.41) is 13.7. The SMILES string of the molecule is CCNC(=NCc1cccc(-c2ncn[nH]2)c1)NC(C)CCCC(C)C. The van der Waals surface area contributed by atoms with Crippen LogP contribution in [0.3, 0.4) is 0 Å². The first kappa shape index (κ1) is 19.9. The van der Waals surface area contributed by atoms with Gasteiger partial charge in [-0.05, 0) is 37.8 Å². The number of nitrogens with zero attached hydrogens (tertiary/aromatic N) is 3. The third-order valence-corrected chi connectivity index (χ3v) is 4.18. The average Bonchev–Trinajstić information content (AvgIpc) is 3.14. The molecule has 0 spiro atoms. The zero-order valence-corrected chi connectivity index (χ0v) is 16.4. The largest absolute Gasteiger partial charge is 0.357 e. The number of nitrogens with one attached hydrogen (secondary N) is 3. The van der Waals surface area contributed by atoms with E-state index in [2.05, 4.69) is 65.6 Å². The predicted molar refractivity (Wildman–Crippen MR) is 108 cm³/mol. The van der Waals surface area contributed by atoms with Crippen molar-refractivity contribution in [3.8, 4) is 11.4 Å². The third-order valence-electron chi connectivity index (χ3n) is 4.18. The molecule has 1 aromatic heterocycles. The molecule has 0 saturated heterocycles. The Balaban J connectivity index is 1.94. The van der Waals surface area contributed by atoms with Crippen molar-refractivity contribution in [2.24, 2.45) is 10.9 Å². The maximum atomic E-state index is 4.74. The van der Waals surface area contributed by atoms with Gasteiger partial charge in [0, 0.05) is 18.2 Å². The minimum absolute atomic E-state index is 0.409. The molecule has 0 amide bonds. The van der Waals surface area contributed by atoms with Crippen molar-refractivity contribution >= 4 is 5.96 Å². The number of aromatic amines is 1. The molecule has 1 heterocycles. The van der Waals surface area contributed by atoms with E-state index in [1.54, 1.807) is 0 Å². The summed E-state index contributed by atoms with van der Waals surface area (Å²) in [4.78, 5) is 8.94. The van der Waals surface area contributed by atoms with E-state index < -0.39 is 0 Å². The molecule has 0 fully saturated rings. The first-order chi connectivity index (χ1) is 12.6. The monoisotopic (exact) mass is 356 g/mol. The number of hydrogen-bond donors (Lipinski definition) is 3. The molecular formula is C20H32N6. The van der Waals surface area contributed by atoms with Gasteiger partial charge in [-0.2, -0.15) is 5.10 Å². The van der Waals surface area contributed by atoms with Gasteiger partial charge in [0.25, 0.3) is 0 Å². The van der Waals surface area contributed by atoms with Gasteiger partial charge in [0.15, 0.2) is 11.8 Å². The predicted octanol–water partition coefficient (Wildman–Crippen LogP) is 3.74. The molecule has 0 aliphatic rings. The van der Waals surface area contributed by atoms with Crippen LogP contribution in [-0.4, -0.2) is 33.7 Å². The smallest absolute Gasteiger partial charge is 0.191 e. The third kappa shape index (κ3) is 6.86. The highest BCUT2D eigenvalue weighted by atomic mass is 15.2. The summed E-state index contributed by atoms with van der Waals surface area (Å²) in [6, 6.07) is 8.64. The van der Waals surface area contributed by atoms with Gasteiger partial charge in [0.1, 0.15) is 6.33 Å². The highest BCUT2D eigenvalue weighted by molar-refractivity contribution is 5.80. The number of guanidine groups is 1. The fourth-order valence-electron chi connectivity index (χ4n) is 2.79. The number of aromatic nitrogens is 3. The van der Waals surface area contributed by atoms with Crippen LogP contribution in [0.15, 0.2) is 35.6 Å². The summed E-state index contributed by atoms with van der Waals surface area (Å²) in [5.74, 6) is 2.41. The molecule has 1 aromatic carbocycles. The standard InChI is InChI=1S/C20H32N6/c1-5-21-20(25-16(4)9-6-8-15(2)3)22-13-17-10-7-11-18(12-17)19-23-14-24-26-19/h7,10-12,14-16H,5-6,8-9,13H2,1-4H3,(H2,21,22,25)(H,23,24,26). The molecule has 0 aliphatic heterocycles. The Labute approximate surface area is 156 Å². The molecule has 1 atom stereocenters. The molecule has 6 heteroatoms.